The molecule has 1 rings (SSSR count). The monoisotopic (exact) mass is 335 g/mol. The molecule has 0 aliphatic rings. The number of halogens is 1. The lowest BCUT2D eigenvalue weighted by atomic mass is 10.4. The van der Waals surface area contributed by atoms with Crippen molar-refractivity contribution in [2.24, 2.45) is 10.7 Å². The molecule has 0 saturated heterocycles. The van der Waals surface area contributed by atoms with Gasteiger partial charge in [-0.2, -0.15) is 5.10 Å². The predicted octanol–water partition coefficient (Wildman–Crippen LogP) is 0.981. The average Bonchev–Trinajstić information content (AvgIpc) is 2.74. The minimum Gasteiger partial charge on any atom is -0.370 e. The van der Waals surface area contributed by atoms with Crippen LogP contribution in [-0.2, 0) is 6.54 Å². The van der Waals surface area contributed by atoms with Crippen molar-refractivity contribution in [3.8, 4) is 0 Å². The molecule has 0 aromatic carbocycles. The number of aliphatic imine (C=N–C) groups is 1. The van der Waals surface area contributed by atoms with Gasteiger partial charge in [-0.25, -0.2) is 0 Å². The molecule has 3 N–H and O–H groups in total. The molecule has 0 aliphatic heterocycles. The number of hydrogen-bond acceptors (Lipinski definition) is 2. The fourth-order valence-electron chi connectivity index (χ4n) is 1.10. The number of rotatable bonds is 6. The highest BCUT2D eigenvalue weighted by atomic mass is 127. The fraction of sp³-hybridized carbons (Fsp3) is 0.400. The Morgan fingerprint density at radius 3 is 3.06 bits per heavy atom. The van der Waals surface area contributed by atoms with Crippen LogP contribution in [-0.4, -0.2) is 28.8 Å². The molecular formula is C10H18IN5. The van der Waals surface area contributed by atoms with Gasteiger partial charge in [-0.15, -0.1) is 30.6 Å². The molecule has 1 aromatic heterocycles. The van der Waals surface area contributed by atoms with Crippen molar-refractivity contribution >= 4 is 29.9 Å². The van der Waals surface area contributed by atoms with E-state index in [1.165, 1.54) is 0 Å². The van der Waals surface area contributed by atoms with Crippen LogP contribution in [0.3, 0.4) is 0 Å². The van der Waals surface area contributed by atoms with Crippen LogP contribution in [0.2, 0.25) is 0 Å². The van der Waals surface area contributed by atoms with E-state index in [4.69, 9.17) is 5.73 Å². The first kappa shape index (κ1) is 15.0. The van der Waals surface area contributed by atoms with Gasteiger partial charge in [0.2, 0.25) is 0 Å². The zero-order valence-electron chi connectivity index (χ0n) is 9.17. The third-order valence-corrected chi connectivity index (χ3v) is 1.81. The predicted molar refractivity (Wildman–Crippen MR) is 76.9 cm³/mol. The van der Waals surface area contributed by atoms with Crippen LogP contribution in [0.15, 0.2) is 36.1 Å². The van der Waals surface area contributed by atoms with E-state index in [2.05, 4.69) is 22.0 Å². The number of aromatic nitrogens is 2. The summed E-state index contributed by atoms with van der Waals surface area (Å²) in [6.45, 7) is 5.80. The second-order valence-electron chi connectivity index (χ2n) is 3.06. The van der Waals surface area contributed by atoms with Gasteiger partial charge in [0.1, 0.15) is 0 Å². The molecule has 90 valence electrons. The third-order valence-electron chi connectivity index (χ3n) is 1.81. The molecule has 0 aliphatic carbocycles. The maximum absolute atomic E-state index is 5.59. The first-order valence-corrected chi connectivity index (χ1v) is 4.95. The Labute approximate surface area is 113 Å². The summed E-state index contributed by atoms with van der Waals surface area (Å²) in [6, 6.07) is 1.91. The van der Waals surface area contributed by atoms with E-state index < -0.39 is 0 Å². The lowest BCUT2D eigenvalue weighted by Gasteiger charge is -2.02. The molecule has 0 radical (unpaired) electrons. The molecule has 0 bridgehead atoms. The minimum absolute atomic E-state index is 0. The summed E-state index contributed by atoms with van der Waals surface area (Å²) < 4.78 is 1.88. The Hall–Kier alpha value is -1.05. The molecule has 0 fully saturated rings. The highest BCUT2D eigenvalue weighted by Crippen LogP contribution is 1.89. The highest BCUT2D eigenvalue weighted by molar-refractivity contribution is 14.0. The summed E-state index contributed by atoms with van der Waals surface area (Å²) >= 11 is 0. The number of guanidine groups is 1. The van der Waals surface area contributed by atoms with Crippen LogP contribution in [0.5, 0.6) is 0 Å². The lowest BCUT2D eigenvalue weighted by molar-refractivity contribution is 0.585. The molecule has 5 nitrogen and oxygen atoms in total. The van der Waals surface area contributed by atoms with Gasteiger partial charge in [0.15, 0.2) is 5.96 Å². The Balaban J connectivity index is 0.00000225. The van der Waals surface area contributed by atoms with E-state index in [-0.39, 0.29) is 24.0 Å². The summed E-state index contributed by atoms with van der Waals surface area (Å²) in [5.74, 6) is 0.468. The van der Waals surface area contributed by atoms with Crippen LogP contribution in [0, 0.1) is 0 Å². The number of hydrogen-bond donors (Lipinski definition) is 2. The van der Waals surface area contributed by atoms with E-state index >= 15 is 0 Å². The highest BCUT2D eigenvalue weighted by Gasteiger charge is 1.91. The zero-order chi connectivity index (χ0) is 10.9. The topological polar surface area (TPSA) is 68.2 Å². The van der Waals surface area contributed by atoms with Crippen molar-refractivity contribution in [2.75, 3.05) is 13.1 Å². The van der Waals surface area contributed by atoms with Crippen molar-refractivity contribution in [3.05, 3.63) is 31.1 Å². The fourth-order valence-corrected chi connectivity index (χ4v) is 1.10. The Bertz CT molecular complexity index is 307. The lowest BCUT2D eigenvalue weighted by Crippen LogP contribution is -2.31. The molecule has 6 heteroatoms. The molecule has 0 saturated carbocycles. The molecule has 0 unspecified atom stereocenters. The second-order valence-corrected chi connectivity index (χ2v) is 3.06. The second kappa shape index (κ2) is 9.20. The first-order chi connectivity index (χ1) is 7.33. The van der Waals surface area contributed by atoms with Crippen molar-refractivity contribution in [1.29, 1.82) is 0 Å². The van der Waals surface area contributed by atoms with Crippen molar-refractivity contribution in [3.63, 3.8) is 0 Å². The summed E-state index contributed by atoms with van der Waals surface area (Å²) in [4.78, 5) is 4.16. The summed E-state index contributed by atoms with van der Waals surface area (Å²) in [5, 5.41) is 7.00. The smallest absolute Gasteiger partial charge is 0.188 e. The third kappa shape index (κ3) is 6.44. The molecule has 0 atom stereocenters. The van der Waals surface area contributed by atoms with Gasteiger partial charge in [0, 0.05) is 32.0 Å². The van der Waals surface area contributed by atoms with Crippen molar-refractivity contribution in [1.82, 2.24) is 15.1 Å². The van der Waals surface area contributed by atoms with Gasteiger partial charge in [-0.1, -0.05) is 6.08 Å². The van der Waals surface area contributed by atoms with Gasteiger partial charge in [0.05, 0.1) is 0 Å². The maximum Gasteiger partial charge on any atom is 0.188 e. The van der Waals surface area contributed by atoms with E-state index in [9.17, 15) is 0 Å². The van der Waals surface area contributed by atoms with Crippen molar-refractivity contribution in [2.45, 2.75) is 13.0 Å². The van der Waals surface area contributed by atoms with Crippen LogP contribution < -0.4 is 11.1 Å². The van der Waals surface area contributed by atoms with Crippen LogP contribution in [0.25, 0.3) is 0 Å². The Morgan fingerprint density at radius 2 is 2.44 bits per heavy atom. The molecule has 1 heterocycles. The molecule has 0 amide bonds. The number of nitrogens with one attached hydrogen (secondary N) is 1. The Kier molecular flexibility index (Phi) is 8.59. The first-order valence-electron chi connectivity index (χ1n) is 4.95. The molecule has 16 heavy (non-hydrogen) atoms. The van der Waals surface area contributed by atoms with E-state index in [1.807, 2.05) is 16.9 Å². The maximum atomic E-state index is 5.59. The van der Waals surface area contributed by atoms with Gasteiger partial charge in [-0.05, 0) is 12.5 Å². The minimum atomic E-state index is 0. The molecular weight excluding hydrogens is 317 g/mol. The van der Waals surface area contributed by atoms with Gasteiger partial charge >= 0.3 is 0 Å². The van der Waals surface area contributed by atoms with Gasteiger partial charge in [-0.3, -0.25) is 9.67 Å². The summed E-state index contributed by atoms with van der Waals surface area (Å²) in [7, 11) is 0. The number of nitrogens with zero attached hydrogens (tertiary/aromatic N) is 3. The number of aryl methyl sites for hydroxylation is 1. The summed E-state index contributed by atoms with van der Waals surface area (Å²) in [6.07, 6.45) is 6.37. The van der Waals surface area contributed by atoms with Gasteiger partial charge < -0.3 is 11.1 Å². The standard InChI is InChI=1S/C10H17N5.HI/c1-2-5-12-10(11)13-6-3-8-15-9-4-7-14-15;/h2,4,7,9H,1,3,5-6,8H2,(H3,11,12,13);1H. The normalized spacial score (nSPS) is 10.6. The molecule has 1 aromatic rings. The van der Waals surface area contributed by atoms with Crippen molar-refractivity contribution < 1.29 is 0 Å². The number of nitrogens with two attached hydrogens (primary N) is 1. The SMILES string of the molecule is C=CCNC(N)=NCCCn1cccn1.I. The summed E-state index contributed by atoms with van der Waals surface area (Å²) in [5.41, 5.74) is 5.59. The van der Waals surface area contributed by atoms with E-state index in [0.717, 1.165) is 13.0 Å². The Morgan fingerprint density at radius 1 is 1.62 bits per heavy atom. The van der Waals surface area contributed by atoms with E-state index in [1.54, 1.807) is 12.3 Å². The molecule has 0 spiro atoms. The largest absolute Gasteiger partial charge is 0.370 e. The quantitative estimate of drug-likeness (QED) is 0.268. The zero-order valence-corrected chi connectivity index (χ0v) is 11.5. The van der Waals surface area contributed by atoms with Crippen LogP contribution in [0.4, 0.5) is 0 Å². The van der Waals surface area contributed by atoms with Gasteiger partial charge in [0.25, 0.3) is 0 Å². The van der Waals surface area contributed by atoms with Crippen LogP contribution in [0.1, 0.15) is 6.42 Å². The van der Waals surface area contributed by atoms with E-state index in [0.29, 0.717) is 19.0 Å². The van der Waals surface area contributed by atoms with Crippen LogP contribution >= 0.6 is 24.0 Å². The average molecular weight is 335 g/mol.